The highest BCUT2D eigenvalue weighted by molar-refractivity contribution is 5.27. The Hall–Kier alpha value is -1.47. The predicted molar refractivity (Wildman–Crippen MR) is 60.6 cm³/mol. The highest BCUT2D eigenvalue weighted by Gasteiger charge is 2.34. The molecule has 0 heterocycles. The molecular weight excluding hydrogens is 186 g/mol. The van der Waals surface area contributed by atoms with E-state index in [1.807, 2.05) is 6.07 Å². The van der Waals surface area contributed by atoms with E-state index in [0.717, 1.165) is 12.8 Å². The fourth-order valence-electron chi connectivity index (χ4n) is 2.55. The Morgan fingerprint density at radius 2 is 1.87 bits per heavy atom. The van der Waals surface area contributed by atoms with Crippen LogP contribution in [0, 0.1) is 0 Å². The number of hydrogen-bond acceptors (Lipinski definition) is 1. The van der Waals surface area contributed by atoms with Crippen molar-refractivity contribution in [1.82, 2.24) is 0 Å². The number of hydrogen-bond donors (Lipinski definition) is 0. The van der Waals surface area contributed by atoms with Gasteiger partial charge in [-0.1, -0.05) is 48.3 Å². The van der Waals surface area contributed by atoms with E-state index in [1.165, 1.54) is 18.4 Å². The summed E-state index contributed by atoms with van der Waals surface area (Å²) >= 11 is 0. The van der Waals surface area contributed by atoms with Gasteiger partial charge in [-0.3, -0.25) is 0 Å². The first-order valence-corrected chi connectivity index (χ1v) is 5.44. The zero-order chi connectivity index (χ0) is 10.6. The molecular formula is C12H15N3. The zero-order valence-corrected chi connectivity index (χ0v) is 8.76. The van der Waals surface area contributed by atoms with Crippen LogP contribution in [0.5, 0.6) is 0 Å². The third-order valence-corrected chi connectivity index (χ3v) is 3.38. The first-order chi connectivity index (χ1) is 7.37. The standard InChI is InChI=1S/C12H15N3/c13-15-14-10-12(8-4-5-9-12)11-6-2-1-3-7-11/h1-3,6-7H,4-5,8-10H2. The zero-order valence-electron chi connectivity index (χ0n) is 8.76. The molecule has 0 N–H and O–H groups in total. The van der Waals surface area contributed by atoms with Gasteiger partial charge in [0.05, 0.1) is 0 Å². The Labute approximate surface area is 89.7 Å². The molecule has 0 saturated heterocycles. The van der Waals surface area contributed by atoms with Gasteiger partial charge in [-0.25, -0.2) is 0 Å². The van der Waals surface area contributed by atoms with Crippen LogP contribution >= 0.6 is 0 Å². The van der Waals surface area contributed by atoms with Crippen LogP contribution in [0.4, 0.5) is 0 Å². The van der Waals surface area contributed by atoms with Gasteiger partial charge in [0, 0.05) is 16.9 Å². The molecule has 0 aliphatic heterocycles. The van der Waals surface area contributed by atoms with Crippen molar-refractivity contribution >= 4 is 0 Å². The summed E-state index contributed by atoms with van der Waals surface area (Å²) in [5.41, 5.74) is 9.89. The molecule has 1 aliphatic carbocycles. The third-order valence-electron chi connectivity index (χ3n) is 3.38. The van der Waals surface area contributed by atoms with Crippen molar-refractivity contribution in [2.75, 3.05) is 6.54 Å². The van der Waals surface area contributed by atoms with Gasteiger partial charge in [0.2, 0.25) is 0 Å². The number of azide groups is 1. The van der Waals surface area contributed by atoms with Crippen molar-refractivity contribution < 1.29 is 0 Å². The van der Waals surface area contributed by atoms with Crippen molar-refractivity contribution in [3.63, 3.8) is 0 Å². The second-order valence-corrected chi connectivity index (χ2v) is 4.24. The van der Waals surface area contributed by atoms with Crippen LogP contribution in [0.2, 0.25) is 0 Å². The minimum atomic E-state index is 0.119. The molecule has 0 bridgehead atoms. The molecule has 0 radical (unpaired) electrons. The number of benzene rings is 1. The van der Waals surface area contributed by atoms with Crippen molar-refractivity contribution in [3.8, 4) is 0 Å². The Bertz CT molecular complexity index is 360. The molecule has 1 aromatic carbocycles. The third kappa shape index (κ3) is 1.97. The number of nitrogens with zero attached hydrogens (tertiary/aromatic N) is 3. The highest BCUT2D eigenvalue weighted by Crippen LogP contribution is 2.41. The summed E-state index contributed by atoms with van der Waals surface area (Å²) in [6.07, 6.45) is 4.79. The second kappa shape index (κ2) is 4.37. The smallest absolute Gasteiger partial charge is 0.0355 e. The van der Waals surface area contributed by atoms with Crippen LogP contribution < -0.4 is 0 Å². The van der Waals surface area contributed by atoms with Crippen LogP contribution in [0.3, 0.4) is 0 Å². The van der Waals surface area contributed by atoms with E-state index < -0.39 is 0 Å². The topological polar surface area (TPSA) is 48.8 Å². The summed E-state index contributed by atoms with van der Waals surface area (Å²) in [5, 5.41) is 3.78. The van der Waals surface area contributed by atoms with E-state index in [9.17, 15) is 0 Å². The lowest BCUT2D eigenvalue weighted by molar-refractivity contribution is 0.452. The molecule has 1 aromatic rings. The van der Waals surface area contributed by atoms with Crippen LogP contribution in [0.25, 0.3) is 10.4 Å². The van der Waals surface area contributed by atoms with Gasteiger partial charge in [0.15, 0.2) is 0 Å². The quantitative estimate of drug-likeness (QED) is 0.405. The molecule has 1 saturated carbocycles. The molecule has 1 aliphatic rings. The van der Waals surface area contributed by atoms with E-state index >= 15 is 0 Å². The predicted octanol–water partition coefficient (Wildman–Crippen LogP) is 3.81. The van der Waals surface area contributed by atoms with Crippen LogP contribution in [-0.4, -0.2) is 6.54 Å². The SMILES string of the molecule is [N-]=[N+]=NCC1(c2ccccc2)CCCC1. The Kier molecular flexibility index (Phi) is 2.93. The average molecular weight is 201 g/mol. The summed E-state index contributed by atoms with van der Waals surface area (Å²) in [7, 11) is 0. The Morgan fingerprint density at radius 1 is 1.20 bits per heavy atom. The molecule has 3 nitrogen and oxygen atoms in total. The van der Waals surface area contributed by atoms with Crippen molar-refractivity contribution in [2.45, 2.75) is 31.1 Å². The molecule has 0 aromatic heterocycles. The first kappa shape index (κ1) is 10.1. The van der Waals surface area contributed by atoms with E-state index in [-0.39, 0.29) is 5.41 Å². The molecule has 2 rings (SSSR count). The van der Waals surface area contributed by atoms with E-state index in [1.54, 1.807) is 0 Å². The minimum Gasteiger partial charge on any atom is -0.0931 e. The molecule has 78 valence electrons. The van der Waals surface area contributed by atoms with Gasteiger partial charge in [0.25, 0.3) is 0 Å². The number of rotatable bonds is 3. The maximum absolute atomic E-state index is 8.45. The molecule has 15 heavy (non-hydrogen) atoms. The summed E-state index contributed by atoms with van der Waals surface area (Å²) in [6, 6.07) is 10.5. The Morgan fingerprint density at radius 3 is 2.47 bits per heavy atom. The highest BCUT2D eigenvalue weighted by atomic mass is 15.1. The van der Waals surface area contributed by atoms with Gasteiger partial charge in [-0.2, -0.15) is 0 Å². The minimum absolute atomic E-state index is 0.119. The maximum Gasteiger partial charge on any atom is 0.0355 e. The molecule has 0 atom stereocenters. The first-order valence-electron chi connectivity index (χ1n) is 5.44. The molecule has 1 fully saturated rings. The van der Waals surface area contributed by atoms with E-state index in [4.69, 9.17) is 5.53 Å². The van der Waals surface area contributed by atoms with Gasteiger partial charge in [-0.15, -0.1) is 0 Å². The van der Waals surface area contributed by atoms with E-state index in [2.05, 4.69) is 34.3 Å². The largest absolute Gasteiger partial charge is 0.0931 e. The van der Waals surface area contributed by atoms with Crippen molar-refractivity contribution in [1.29, 1.82) is 0 Å². The van der Waals surface area contributed by atoms with Crippen LogP contribution in [-0.2, 0) is 5.41 Å². The van der Waals surface area contributed by atoms with Gasteiger partial charge in [-0.05, 0) is 23.9 Å². The summed E-state index contributed by atoms with van der Waals surface area (Å²) in [6.45, 7) is 0.605. The Balaban J connectivity index is 2.30. The van der Waals surface area contributed by atoms with Crippen LogP contribution in [0.15, 0.2) is 35.4 Å². The lowest BCUT2D eigenvalue weighted by Gasteiger charge is -2.27. The molecule has 0 unspecified atom stereocenters. The van der Waals surface area contributed by atoms with Gasteiger partial charge >= 0.3 is 0 Å². The monoisotopic (exact) mass is 201 g/mol. The fourth-order valence-corrected chi connectivity index (χ4v) is 2.55. The van der Waals surface area contributed by atoms with Crippen molar-refractivity contribution in [2.24, 2.45) is 5.11 Å². The van der Waals surface area contributed by atoms with Gasteiger partial charge < -0.3 is 0 Å². The second-order valence-electron chi connectivity index (χ2n) is 4.24. The van der Waals surface area contributed by atoms with Crippen molar-refractivity contribution in [3.05, 3.63) is 46.3 Å². The summed E-state index contributed by atoms with van der Waals surface area (Å²) in [4.78, 5) is 2.89. The lowest BCUT2D eigenvalue weighted by atomic mass is 9.79. The lowest BCUT2D eigenvalue weighted by Crippen LogP contribution is -2.25. The normalized spacial score (nSPS) is 18.4. The summed E-state index contributed by atoms with van der Waals surface area (Å²) in [5.74, 6) is 0. The van der Waals surface area contributed by atoms with Gasteiger partial charge in [0.1, 0.15) is 0 Å². The fraction of sp³-hybridized carbons (Fsp3) is 0.500. The molecule has 0 amide bonds. The van der Waals surface area contributed by atoms with E-state index in [0.29, 0.717) is 6.54 Å². The average Bonchev–Trinajstić information content (AvgIpc) is 2.78. The summed E-state index contributed by atoms with van der Waals surface area (Å²) < 4.78 is 0. The molecule has 3 heteroatoms. The maximum atomic E-state index is 8.45. The van der Waals surface area contributed by atoms with Crippen LogP contribution in [0.1, 0.15) is 31.2 Å². The molecule has 0 spiro atoms.